The number of benzene rings is 2. The molecule has 1 aliphatic heterocycles. The molecule has 10 heteroatoms. The Kier molecular flexibility index (Phi) is 6.46. The fourth-order valence-corrected chi connectivity index (χ4v) is 4.25. The number of aromatic nitrogens is 2. The predicted molar refractivity (Wildman–Crippen MR) is 119 cm³/mol. The fourth-order valence-electron chi connectivity index (χ4n) is 3.88. The van der Waals surface area contributed by atoms with Crippen molar-refractivity contribution in [2.75, 3.05) is 13.7 Å². The van der Waals surface area contributed by atoms with Crippen molar-refractivity contribution >= 4 is 27.8 Å². The Morgan fingerprint density at radius 1 is 1.18 bits per heavy atom. The summed E-state index contributed by atoms with van der Waals surface area (Å²) in [6, 6.07) is 9.54. The van der Waals surface area contributed by atoms with Gasteiger partial charge in [-0.1, -0.05) is 22.0 Å². The van der Waals surface area contributed by atoms with Crippen LogP contribution in [0.2, 0.25) is 0 Å². The number of amides is 1. The van der Waals surface area contributed by atoms with Crippen LogP contribution < -0.4 is 4.74 Å². The smallest absolute Gasteiger partial charge is 0.328 e. The number of carbonyl (C=O) groups excluding carboxylic acids is 2. The first kappa shape index (κ1) is 22.9. The third kappa shape index (κ3) is 4.61. The van der Waals surface area contributed by atoms with E-state index < -0.39 is 35.7 Å². The van der Waals surface area contributed by atoms with E-state index in [1.54, 1.807) is 19.2 Å². The molecule has 0 spiro atoms. The molecular weight excluding hydrogens is 500 g/mol. The summed E-state index contributed by atoms with van der Waals surface area (Å²) in [6.07, 6.45) is 1.12. The first-order valence-corrected chi connectivity index (χ1v) is 10.9. The molecule has 4 rings (SSSR count). The van der Waals surface area contributed by atoms with Gasteiger partial charge in [-0.15, -0.1) is 0 Å². The van der Waals surface area contributed by atoms with Gasteiger partial charge in [0.05, 0.1) is 25.4 Å². The Morgan fingerprint density at radius 3 is 2.67 bits per heavy atom. The van der Waals surface area contributed by atoms with Gasteiger partial charge < -0.3 is 18.9 Å². The molecule has 1 aliphatic rings. The van der Waals surface area contributed by atoms with E-state index in [4.69, 9.17) is 9.47 Å². The molecule has 3 aromatic rings. The van der Waals surface area contributed by atoms with Gasteiger partial charge in [-0.25, -0.2) is 18.6 Å². The maximum Gasteiger partial charge on any atom is 0.328 e. The normalized spacial score (nSPS) is 17.8. The number of likely N-dealkylation sites (tertiary alicyclic amines) is 1. The topological polar surface area (TPSA) is 73.7 Å². The van der Waals surface area contributed by atoms with Crippen LogP contribution in [-0.2, 0) is 16.6 Å². The van der Waals surface area contributed by atoms with Crippen molar-refractivity contribution in [3.05, 3.63) is 70.5 Å². The molecule has 172 valence electrons. The summed E-state index contributed by atoms with van der Waals surface area (Å²) in [7, 11) is 2.81. The molecule has 2 atom stereocenters. The van der Waals surface area contributed by atoms with E-state index >= 15 is 0 Å². The van der Waals surface area contributed by atoms with Crippen molar-refractivity contribution in [3.63, 3.8) is 0 Å². The number of nitrogens with zero attached hydrogens (tertiary/aromatic N) is 3. The molecule has 1 saturated heterocycles. The molecule has 0 saturated carbocycles. The number of methoxy groups -OCH3 is 1. The predicted octanol–water partition coefficient (Wildman–Crippen LogP) is 3.96. The average molecular weight is 520 g/mol. The van der Waals surface area contributed by atoms with E-state index in [0.29, 0.717) is 5.75 Å². The van der Waals surface area contributed by atoms with Crippen molar-refractivity contribution in [1.82, 2.24) is 14.5 Å². The number of carbonyl (C=O) groups is 2. The van der Waals surface area contributed by atoms with Crippen molar-refractivity contribution in [1.29, 1.82) is 0 Å². The lowest BCUT2D eigenvalue weighted by atomic mass is 10.2. The van der Waals surface area contributed by atoms with E-state index in [-0.39, 0.29) is 30.0 Å². The average Bonchev–Trinajstić information content (AvgIpc) is 3.37. The molecule has 7 nitrogen and oxygen atoms in total. The highest BCUT2D eigenvalue weighted by atomic mass is 79.9. The molecule has 2 aromatic carbocycles. The number of imidazole rings is 1. The number of hydrogen-bond acceptors (Lipinski definition) is 5. The molecule has 1 aromatic heterocycles. The Hall–Kier alpha value is -3.27. The van der Waals surface area contributed by atoms with E-state index in [2.05, 4.69) is 20.9 Å². The van der Waals surface area contributed by atoms with Gasteiger partial charge in [-0.3, -0.25) is 4.79 Å². The highest BCUT2D eigenvalue weighted by Gasteiger charge is 2.42. The quantitative estimate of drug-likeness (QED) is 0.477. The molecule has 0 aliphatic carbocycles. The first-order chi connectivity index (χ1) is 15.8. The van der Waals surface area contributed by atoms with Gasteiger partial charge in [0, 0.05) is 24.0 Å². The summed E-state index contributed by atoms with van der Waals surface area (Å²) < 4.78 is 40.7. The maximum absolute atomic E-state index is 14.3. The van der Waals surface area contributed by atoms with E-state index in [0.717, 1.165) is 16.6 Å². The molecule has 2 heterocycles. The summed E-state index contributed by atoms with van der Waals surface area (Å²) in [5, 5.41) is 0. The second-order valence-corrected chi connectivity index (χ2v) is 8.50. The summed E-state index contributed by atoms with van der Waals surface area (Å²) in [4.78, 5) is 31.3. The number of ether oxygens (including phenoxy) is 2. The third-order valence-corrected chi connectivity index (χ3v) is 5.97. The van der Waals surface area contributed by atoms with Gasteiger partial charge >= 0.3 is 5.97 Å². The summed E-state index contributed by atoms with van der Waals surface area (Å²) in [5.74, 6) is -1.78. The molecule has 0 bridgehead atoms. The maximum atomic E-state index is 14.3. The number of halogens is 3. The van der Waals surface area contributed by atoms with Gasteiger partial charge in [0.25, 0.3) is 5.91 Å². The number of esters is 1. The minimum Gasteiger partial charge on any atom is -0.488 e. The van der Waals surface area contributed by atoms with Crippen LogP contribution >= 0.6 is 15.9 Å². The molecule has 1 fully saturated rings. The van der Waals surface area contributed by atoms with Crippen LogP contribution in [0.1, 0.15) is 16.9 Å². The zero-order valence-corrected chi connectivity index (χ0v) is 19.4. The van der Waals surface area contributed by atoms with Gasteiger partial charge in [-0.2, -0.15) is 0 Å². The lowest BCUT2D eigenvalue weighted by Crippen LogP contribution is -2.42. The van der Waals surface area contributed by atoms with Gasteiger partial charge in [0.2, 0.25) is 0 Å². The summed E-state index contributed by atoms with van der Waals surface area (Å²) in [5.41, 5.74) is 0.200. The largest absolute Gasteiger partial charge is 0.488 e. The molecular formula is C23H20BrF2N3O4. The van der Waals surface area contributed by atoms with Crippen LogP contribution in [0, 0.1) is 11.6 Å². The Bertz CT molecular complexity index is 1220. The van der Waals surface area contributed by atoms with Crippen LogP contribution in [0.15, 0.2) is 53.1 Å². The van der Waals surface area contributed by atoms with Crippen molar-refractivity contribution in [3.8, 4) is 17.1 Å². The zero-order chi connectivity index (χ0) is 23.7. The Balaban J connectivity index is 1.60. The molecule has 1 amide bonds. The molecule has 0 radical (unpaired) electrons. The van der Waals surface area contributed by atoms with Crippen molar-refractivity contribution in [2.45, 2.75) is 18.6 Å². The zero-order valence-electron chi connectivity index (χ0n) is 17.8. The monoisotopic (exact) mass is 519 g/mol. The fraction of sp³-hybridized carbons (Fsp3) is 0.261. The van der Waals surface area contributed by atoms with E-state index in [9.17, 15) is 18.4 Å². The highest BCUT2D eigenvalue weighted by Crippen LogP contribution is 2.28. The second-order valence-electron chi connectivity index (χ2n) is 7.58. The van der Waals surface area contributed by atoms with Gasteiger partial charge in [-0.05, 0) is 30.3 Å². The SMILES string of the molecule is COC(=O)[C@@H]1C[C@H](Oc2cccc(Br)c2)CN1C(=O)c1cnc(-c2ccc(F)cc2F)n1C. The van der Waals surface area contributed by atoms with Crippen molar-refractivity contribution < 1.29 is 27.8 Å². The lowest BCUT2D eigenvalue weighted by Gasteiger charge is -2.22. The minimum absolute atomic E-state index is 0.0553. The Labute approximate surface area is 197 Å². The van der Waals surface area contributed by atoms with Crippen LogP contribution in [-0.4, -0.2) is 52.1 Å². The first-order valence-electron chi connectivity index (χ1n) is 10.1. The van der Waals surface area contributed by atoms with Crippen LogP contribution in [0.25, 0.3) is 11.4 Å². The highest BCUT2D eigenvalue weighted by molar-refractivity contribution is 9.10. The standard InChI is InChI=1S/C23H20BrF2N3O4/c1-28-20(11-27-21(28)17-7-6-14(25)9-18(17)26)22(30)29-12-16(10-19(29)23(31)32-2)33-15-5-3-4-13(24)8-15/h3-9,11,16,19H,10,12H2,1-2H3/t16-,19-/m0/s1. The van der Waals surface area contributed by atoms with Crippen LogP contribution in [0.3, 0.4) is 0 Å². The third-order valence-electron chi connectivity index (χ3n) is 5.47. The van der Waals surface area contributed by atoms with Crippen LogP contribution in [0.5, 0.6) is 5.75 Å². The van der Waals surface area contributed by atoms with Crippen molar-refractivity contribution in [2.24, 2.45) is 7.05 Å². The van der Waals surface area contributed by atoms with Gasteiger partial charge in [0.15, 0.2) is 0 Å². The minimum atomic E-state index is -0.847. The van der Waals surface area contributed by atoms with Crippen LogP contribution in [0.4, 0.5) is 8.78 Å². The van der Waals surface area contributed by atoms with E-state index in [1.165, 1.54) is 28.8 Å². The molecule has 33 heavy (non-hydrogen) atoms. The number of rotatable bonds is 5. The lowest BCUT2D eigenvalue weighted by molar-refractivity contribution is -0.145. The molecule has 0 unspecified atom stereocenters. The number of hydrogen-bond donors (Lipinski definition) is 0. The summed E-state index contributed by atoms with van der Waals surface area (Å²) in [6.45, 7) is 0.149. The molecule has 0 N–H and O–H groups in total. The second kappa shape index (κ2) is 9.30. The summed E-state index contributed by atoms with van der Waals surface area (Å²) >= 11 is 3.39. The van der Waals surface area contributed by atoms with Gasteiger partial charge in [0.1, 0.15) is 41.0 Å². The Morgan fingerprint density at radius 2 is 1.97 bits per heavy atom. The van der Waals surface area contributed by atoms with E-state index in [1.807, 2.05) is 12.1 Å².